The molecule has 12 nitrogen and oxygen atoms in total. The second-order valence-electron chi connectivity index (χ2n) is 9.68. The first-order valence-electron chi connectivity index (χ1n) is 13.0. The van der Waals surface area contributed by atoms with Crippen LogP contribution >= 0.6 is 0 Å². The third-order valence-electron chi connectivity index (χ3n) is 7.39. The Kier molecular flexibility index (Phi) is 7.71. The fourth-order valence-corrected chi connectivity index (χ4v) is 6.82. The van der Waals surface area contributed by atoms with Crippen molar-refractivity contribution < 1.29 is 22.7 Å². The van der Waals surface area contributed by atoms with Gasteiger partial charge in [0.1, 0.15) is 5.41 Å². The number of anilines is 1. The summed E-state index contributed by atoms with van der Waals surface area (Å²) < 4.78 is 39.4. The molecule has 0 radical (unpaired) electrons. The van der Waals surface area contributed by atoms with Crippen LogP contribution < -0.4 is 15.2 Å². The van der Waals surface area contributed by atoms with Crippen molar-refractivity contribution in [1.29, 1.82) is 0 Å². The van der Waals surface area contributed by atoms with Gasteiger partial charge in [-0.15, -0.1) is 0 Å². The van der Waals surface area contributed by atoms with Crippen LogP contribution in [-0.2, 0) is 25.0 Å². The van der Waals surface area contributed by atoms with Gasteiger partial charge in [0, 0.05) is 36.2 Å². The summed E-state index contributed by atoms with van der Waals surface area (Å²) in [6.45, 7) is 2.80. The topological polar surface area (TPSA) is 172 Å². The molecule has 0 bridgehead atoms. The van der Waals surface area contributed by atoms with E-state index in [1.165, 1.54) is 6.20 Å². The molecule has 1 saturated carbocycles. The summed E-state index contributed by atoms with van der Waals surface area (Å²) in [5, 5.41) is -0.479. The zero-order valence-corrected chi connectivity index (χ0v) is 22.4. The Morgan fingerprint density at radius 3 is 2.69 bits per heavy atom. The predicted octanol–water partition coefficient (Wildman–Crippen LogP) is 2.34. The maximum Gasteiger partial charge on any atom is 0.237 e. The van der Waals surface area contributed by atoms with Crippen molar-refractivity contribution in [2.45, 2.75) is 55.6 Å². The van der Waals surface area contributed by atoms with Crippen LogP contribution in [0.3, 0.4) is 0 Å². The van der Waals surface area contributed by atoms with Crippen molar-refractivity contribution in [3.8, 4) is 17.1 Å². The maximum atomic E-state index is 13.2. The van der Waals surface area contributed by atoms with Crippen molar-refractivity contribution in [2.24, 2.45) is 5.73 Å². The van der Waals surface area contributed by atoms with Gasteiger partial charge in [-0.25, -0.2) is 23.4 Å². The van der Waals surface area contributed by atoms with Gasteiger partial charge in [-0.05, 0) is 44.4 Å². The average Bonchev–Trinajstić information content (AvgIpc) is 3.50. The van der Waals surface area contributed by atoms with Crippen LogP contribution in [0.5, 0.6) is 5.88 Å². The molecule has 39 heavy (non-hydrogen) atoms. The number of amides is 1. The number of aromatic nitrogens is 5. The summed E-state index contributed by atoms with van der Waals surface area (Å²) >= 11 is 0. The Labute approximate surface area is 226 Å². The van der Waals surface area contributed by atoms with Crippen LogP contribution in [0.25, 0.3) is 11.3 Å². The zero-order valence-electron chi connectivity index (χ0n) is 21.6. The lowest BCUT2D eigenvalue weighted by Gasteiger charge is -2.40. The molecule has 1 saturated heterocycles. The number of sulfonamides is 1. The summed E-state index contributed by atoms with van der Waals surface area (Å²) in [5.41, 5.74) is 6.99. The van der Waals surface area contributed by atoms with E-state index in [1.54, 1.807) is 30.7 Å². The largest absolute Gasteiger partial charge is 0.477 e. The molecular formula is C26H31N7O5S. The molecule has 2 atom stereocenters. The van der Waals surface area contributed by atoms with Gasteiger partial charge in [0.25, 0.3) is 0 Å². The fraction of sp³-hybridized carbons (Fsp3) is 0.462. The SMILES string of the molecule is CCOc1cncc(-c2ccc(C3COCCC3(C(N)=O)c3ccnc(NS(=O)(=O)C4CCCC4)n3)nc2)n1. The third-order valence-corrected chi connectivity index (χ3v) is 9.21. The van der Waals surface area contributed by atoms with Crippen molar-refractivity contribution in [3.05, 3.63) is 54.4 Å². The van der Waals surface area contributed by atoms with E-state index in [1.807, 2.05) is 13.0 Å². The van der Waals surface area contributed by atoms with Crippen LogP contribution in [-0.4, -0.2) is 64.3 Å². The number of ether oxygens (including phenoxy) is 2. The molecule has 0 aromatic carbocycles. The minimum Gasteiger partial charge on any atom is -0.477 e. The van der Waals surface area contributed by atoms with Crippen LogP contribution in [0.15, 0.2) is 43.0 Å². The molecule has 3 N–H and O–H groups in total. The molecule has 1 aliphatic heterocycles. The number of carbonyl (C=O) groups excluding carboxylic acids is 1. The quantitative estimate of drug-likeness (QED) is 0.400. The maximum absolute atomic E-state index is 13.2. The number of pyridine rings is 1. The van der Waals surface area contributed by atoms with Gasteiger partial charge in [-0.3, -0.25) is 19.5 Å². The molecule has 2 fully saturated rings. The average molecular weight is 554 g/mol. The Bertz CT molecular complexity index is 1430. The van der Waals surface area contributed by atoms with E-state index in [4.69, 9.17) is 15.2 Å². The number of hydrogen-bond acceptors (Lipinski definition) is 10. The molecule has 2 aliphatic rings. The molecule has 3 aromatic rings. The van der Waals surface area contributed by atoms with Gasteiger partial charge in [-0.2, -0.15) is 0 Å². The van der Waals surface area contributed by atoms with E-state index < -0.39 is 32.5 Å². The van der Waals surface area contributed by atoms with Gasteiger partial charge >= 0.3 is 0 Å². The first-order valence-corrected chi connectivity index (χ1v) is 14.5. The highest BCUT2D eigenvalue weighted by Crippen LogP contribution is 2.44. The lowest BCUT2D eigenvalue weighted by atomic mass is 9.67. The van der Waals surface area contributed by atoms with Crippen molar-refractivity contribution >= 4 is 21.9 Å². The van der Waals surface area contributed by atoms with Gasteiger partial charge in [0.05, 0.1) is 42.2 Å². The van der Waals surface area contributed by atoms with Crippen LogP contribution in [0.4, 0.5) is 5.95 Å². The van der Waals surface area contributed by atoms with Crippen LogP contribution in [0.2, 0.25) is 0 Å². The lowest BCUT2D eigenvalue weighted by molar-refractivity contribution is -0.128. The van der Waals surface area contributed by atoms with Crippen molar-refractivity contribution in [3.63, 3.8) is 0 Å². The number of primary amides is 1. The second-order valence-corrected chi connectivity index (χ2v) is 11.6. The predicted molar refractivity (Wildman–Crippen MR) is 142 cm³/mol. The standard InChI is InChI=1S/C26H31N7O5S/c1-2-38-23-15-28-14-21(31-23)17-7-8-20(30-13-17)19-16-37-12-10-26(19,24(27)34)22-9-11-29-25(32-22)33-39(35,36)18-5-3-4-6-18/h7-9,11,13-15,18-19H,2-6,10,12,16H2,1H3,(H2,27,34)(H,29,32,33). The Balaban J connectivity index is 1.47. The minimum absolute atomic E-state index is 0.0821. The third kappa shape index (κ3) is 5.41. The first kappa shape index (κ1) is 26.9. The smallest absolute Gasteiger partial charge is 0.237 e. The second kappa shape index (κ2) is 11.2. The van der Waals surface area contributed by atoms with E-state index in [0.717, 1.165) is 18.4 Å². The van der Waals surface area contributed by atoms with Gasteiger partial charge in [0.15, 0.2) is 0 Å². The number of rotatable bonds is 9. The molecule has 3 aromatic heterocycles. The summed E-state index contributed by atoms with van der Waals surface area (Å²) in [7, 11) is -3.65. The van der Waals surface area contributed by atoms with Crippen LogP contribution in [0.1, 0.15) is 56.3 Å². The Morgan fingerprint density at radius 2 is 1.97 bits per heavy atom. The number of hydrogen-bond donors (Lipinski definition) is 2. The molecule has 5 rings (SSSR count). The molecule has 2 unspecified atom stereocenters. The van der Waals surface area contributed by atoms with E-state index in [2.05, 4.69) is 29.6 Å². The molecule has 206 valence electrons. The monoisotopic (exact) mass is 553 g/mol. The van der Waals surface area contributed by atoms with Gasteiger partial charge < -0.3 is 15.2 Å². The summed E-state index contributed by atoms with van der Waals surface area (Å²) in [6.07, 6.45) is 9.44. The number of nitrogens with two attached hydrogens (primary N) is 1. The highest BCUT2D eigenvalue weighted by molar-refractivity contribution is 7.93. The molecule has 4 heterocycles. The Hall–Kier alpha value is -3.71. The van der Waals surface area contributed by atoms with E-state index in [0.29, 0.717) is 42.4 Å². The van der Waals surface area contributed by atoms with Gasteiger partial charge in [-0.1, -0.05) is 12.8 Å². The highest BCUT2D eigenvalue weighted by Gasteiger charge is 2.50. The van der Waals surface area contributed by atoms with Gasteiger partial charge in [0.2, 0.25) is 27.8 Å². The first-order chi connectivity index (χ1) is 18.8. The minimum atomic E-state index is -3.65. The molecule has 1 amide bonds. The van der Waals surface area contributed by atoms with E-state index >= 15 is 0 Å². The summed E-state index contributed by atoms with van der Waals surface area (Å²) in [5.74, 6) is -0.829. The fourth-order valence-electron chi connectivity index (χ4n) is 5.35. The van der Waals surface area contributed by atoms with E-state index in [-0.39, 0.29) is 25.6 Å². The molecular weight excluding hydrogens is 522 g/mol. The van der Waals surface area contributed by atoms with E-state index in [9.17, 15) is 13.2 Å². The number of nitrogens with one attached hydrogen (secondary N) is 1. The van der Waals surface area contributed by atoms with Crippen molar-refractivity contribution in [1.82, 2.24) is 24.9 Å². The molecule has 0 spiro atoms. The number of nitrogens with zero attached hydrogens (tertiary/aromatic N) is 5. The van der Waals surface area contributed by atoms with Crippen LogP contribution in [0, 0.1) is 0 Å². The normalized spacial score (nSPS) is 21.9. The zero-order chi connectivity index (χ0) is 27.5. The number of carbonyl (C=O) groups is 1. The Morgan fingerprint density at radius 1 is 1.15 bits per heavy atom. The highest BCUT2D eigenvalue weighted by atomic mass is 32.2. The lowest BCUT2D eigenvalue weighted by Crippen LogP contribution is -2.51. The molecule has 1 aliphatic carbocycles. The van der Waals surface area contributed by atoms with Crippen molar-refractivity contribution in [2.75, 3.05) is 24.5 Å². The summed E-state index contributed by atoms with van der Waals surface area (Å²) in [4.78, 5) is 35.0. The summed E-state index contributed by atoms with van der Waals surface area (Å²) in [6, 6.07) is 5.23. The molecule has 13 heteroatoms.